The number of aliphatic hydroxyl groups is 1. The third-order valence-corrected chi connectivity index (χ3v) is 2.42. The van der Waals surface area contributed by atoms with E-state index in [1.165, 1.54) is 0 Å². The number of Topliss-reactive ketones (excluding diaryl/α,β-unsaturated/α-hetero) is 1. The molecule has 1 rings (SSSR count). The van der Waals surface area contributed by atoms with Crippen LogP contribution in [0.2, 0.25) is 0 Å². The number of carbonyl (C=O) groups excluding carboxylic acids is 1. The fraction of sp³-hybridized carbons (Fsp3) is 0.700. The van der Waals surface area contributed by atoms with Crippen molar-refractivity contribution in [2.24, 2.45) is 11.8 Å². The van der Waals surface area contributed by atoms with Crippen molar-refractivity contribution in [1.29, 1.82) is 0 Å². The molecule has 2 nitrogen and oxygen atoms in total. The zero-order valence-corrected chi connectivity index (χ0v) is 7.92. The average Bonchev–Trinajstić information content (AvgIpc) is 1.97. The van der Waals surface area contributed by atoms with Gasteiger partial charge in [0, 0.05) is 17.9 Å². The first-order valence-electron chi connectivity index (χ1n) is 4.50. The first kappa shape index (κ1) is 9.30. The van der Waals surface area contributed by atoms with Crippen molar-refractivity contribution in [3.8, 4) is 0 Å². The fourth-order valence-corrected chi connectivity index (χ4v) is 1.65. The van der Waals surface area contributed by atoms with E-state index in [-0.39, 0.29) is 17.6 Å². The summed E-state index contributed by atoms with van der Waals surface area (Å²) in [4.78, 5) is 11.4. The monoisotopic (exact) mass is 168 g/mol. The van der Waals surface area contributed by atoms with Crippen LogP contribution in [0.3, 0.4) is 0 Å². The predicted octanol–water partition coefficient (Wildman–Crippen LogP) is 2.45. The van der Waals surface area contributed by atoms with Gasteiger partial charge < -0.3 is 5.11 Å². The van der Waals surface area contributed by atoms with Gasteiger partial charge in [-0.15, -0.1) is 0 Å². The van der Waals surface area contributed by atoms with E-state index in [1.807, 2.05) is 20.8 Å². The molecule has 68 valence electrons. The first-order valence-corrected chi connectivity index (χ1v) is 4.50. The van der Waals surface area contributed by atoms with Gasteiger partial charge in [0.1, 0.15) is 5.76 Å². The van der Waals surface area contributed by atoms with Gasteiger partial charge in [0.15, 0.2) is 5.78 Å². The zero-order chi connectivity index (χ0) is 9.30. The Morgan fingerprint density at radius 1 is 1.50 bits per heavy atom. The molecule has 0 radical (unpaired) electrons. The van der Waals surface area contributed by atoms with Crippen LogP contribution in [-0.4, -0.2) is 10.9 Å². The second-order valence-corrected chi connectivity index (χ2v) is 3.82. The summed E-state index contributed by atoms with van der Waals surface area (Å²) in [6.45, 7) is 5.85. The van der Waals surface area contributed by atoms with E-state index in [9.17, 15) is 9.90 Å². The molecule has 0 aromatic rings. The van der Waals surface area contributed by atoms with Crippen LogP contribution in [0.25, 0.3) is 0 Å². The van der Waals surface area contributed by atoms with Gasteiger partial charge in [0.05, 0.1) is 0 Å². The average molecular weight is 168 g/mol. The molecule has 0 saturated carbocycles. The molecule has 1 aliphatic carbocycles. The number of hydrogen-bond donors (Lipinski definition) is 1. The van der Waals surface area contributed by atoms with E-state index in [2.05, 4.69) is 0 Å². The molecule has 1 N–H and O–H groups in total. The van der Waals surface area contributed by atoms with Gasteiger partial charge in [-0.3, -0.25) is 4.79 Å². The molecule has 12 heavy (non-hydrogen) atoms. The Balaban J connectivity index is 3.01. The second-order valence-electron chi connectivity index (χ2n) is 3.82. The molecule has 0 saturated heterocycles. The Morgan fingerprint density at radius 2 is 2.08 bits per heavy atom. The van der Waals surface area contributed by atoms with Crippen molar-refractivity contribution in [1.82, 2.24) is 0 Å². The minimum Gasteiger partial charge on any atom is -0.512 e. The summed E-state index contributed by atoms with van der Waals surface area (Å²) < 4.78 is 0. The molecule has 1 atom stereocenters. The lowest BCUT2D eigenvalue weighted by Crippen LogP contribution is -2.20. The highest BCUT2D eigenvalue weighted by atomic mass is 16.3. The van der Waals surface area contributed by atoms with E-state index in [0.717, 1.165) is 6.42 Å². The van der Waals surface area contributed by atoms with Crippen molar-refractivity contribution in [3.63, 3.8) is 0 Å². The van der Waals surface area contributed by atoms with Crippen molar-refractivity contribution in [2.75, 3.05) is 0 Å². The van der Waals surface area contributed by atoms with Crippen molar-refractivity contribution < 1.29 is 9.90 Å². The first-order chi connectivity index (χ1) is 5.54. The standard InChI is InChI=1S/C10H16O2/c1-6(2)9-8(11)5-4-7(3)10(9)12/h6-7,12H,4-5H2,1-3H3. The molecule has 0 fully saturated rings. The van der Waals surface area contributed by atoms with Gasteiger partial charge in [0.25, 0.3) is 0 Å². The number of rotatable bonds is 1. The largest absolute Gasteiger partial charge is 0.512 e. The highest BCUT2D eigenvalue weighted by Crippen LogP contribution is 2.29. The Kier molecular flexibility index (Phi) is 2.55. The zero-order valence-electron chi connectivity index (χ0n) is 7.92. The minimum atomic E-state index is 0.126. The summed E-state index contributed by atoms with van der Waals surface area (Å²) >= 11 is 0. The molecular formula is C10H16O2. The summed E-state index contributed by atoms with van der Waals surface area (Å²) in [6.07, 6.45) is 1.39. The summed E-state index contributed by atoms with van der Waals surface area (Å²) in [5.41, 5.74) is 0.647. The van der Waals surface area contributed by atoms with Crippen molar-refractivity contribution in [3.05, 3.63) is 11.3 Å². The molecule has 0 aliphatic heterocycles. The summed E-state index contributed by atoms with van der Waals surface area (Å²) in [5, 5.41) is 9.64. The Hall–Kier alpha value is -0.790. The van der Waals surface area contributed by atoms with Crippen LogP contribution >= 0.6 is 0 Å². The van der Waals surface area contributed by atoms with Crippen LogP contribution in [0.15, 0.2) is 11.3 Å². The van der Waals surface area contributed by atoms with Crippen molar-refractivity contribution >= 4 is 5.78 Å². The Bertz CT molecular complexity index is 226. The van der Waals surface area contributed by atoms with E-state index >= 15 is 0 Å². The molecule has 0 aromatic heterocycles. The topological polar surface area (TPSA) is 37.3 Å². The van der Waals surface area contributed by atoms with Crippen LogP contribution in [-0.2, 0) is 4.79 Å². The number of allylic oxidation sites excluding steroid dienone is 2. The fourth-order valence-electron chi connectivity index (χ4n) is 1.65. The maximum Gasteiger partial charge on any atom is 0.162 e. The number of aliphatic hydroxyl groups excluding tert-OH is 1. The van der Waals surface area contributed by atoms with E-state index in [0.29, 0.717) is 17.8 Å². The third-order valence-electron chi connectivity index (χ3n) is 2.42. The molecule has 2 heteroatoms. The van der Waals surface area contributed by atoms with Gasteiger partial charge in [-0.1, -0.05) is 20.8 Å². The van der Waals surface area contributed by atoms with Gasteiger partial charge in [-0.2, -0.15) is 0 Å². The quantitative estimate of drug-likeness (QED) is 0.653. The normalized spacial score (nSPS) is 25.3. The molecule has 0 bridgehead atoms. The molecule has 0 spiro atoms. The molecule has 0 amide bonds. The lowest BCUT2D eigenvalue weighted by Gasteiger charge is -2.22. The maximum atomic E-state index is 11.4. The van der Waals surface area contributed by atoms with E-state index in [4.69, 9.17) is 0 Å². The lowest BCUT2D eigenvalue weighted by molar-refractivity contribution is -0.117. The molecule has 1 aliphatic rings. The van der Waals surface area contributed by atoms with Crippen LogP contribution in [0.4, 0.5) is 0 Å². The number of carbonyl (C=O) groups is 1. The van der Waals surface area contributed by atoms with Gasteiger partial charge >= 0.3 is 0 Å². The van der Waals surface area contributed by atoms with Crippen LogP contribution < -0.4 is 0 Å². The summed E-state index contributed by atoms with van der Waals surface area (Å²) in [6, 6.07) is 0. The molecular weight excluding hydrogens is 152 g/mol. The lowest BCUT2D eigenvalue weighted by atomic mass is 9.84. The maximum absolute atomic E-state index is 11.4. The van der Waals surface area contributed by atoms with Crippen molar-refractivity contribution in [2.45, 2.75) is 33.6 Å². The van der Waals surface area contributed by atoms with Crippen LogP contribution in [0, 0.1) is 11.8 Å². The van der Waals surface area contributed by atoms with E-state index in [1.54, 1.807) is 0 Å². The molecule has 1 unspecified atom stereocenters. The molecule has 0 aromatic carbocycles. The summed E-state index contributed by atoms with van der Waals surface area (Å²) in [5.74, 6) is 0.766. The third kappa shape index (κ3) is 1.52. The predicted molar refractivity (Wildman–Crippen MR) is 47.9 cm³/mol. The van der Waals surface area contributed by atoms with Crippen LogP contribution in [0.1, 0.15) is 33.6 Å². The second kappa shape index (κ2) is 3.30. The Morgan fingerprint density at radius 3 is 2.50 bits per heavy atom. The van der Waals surface area contributed by atoms with Crippen LogP contribution in [0.5, 0.6) is 0 Å². The van der Waals surface area contributed by atoms with Gasteiger partial charge in [-0.05, 0) is 12.3 Å². The number of hydrogen-bond acceptors (Lipinski definition) is 2. The Labute approximate surface area is 73.3 Å². The summed E-state index contributed by atoms with van der Waals surface area (Å²) in [7, 11) is 0. The number of ketones is 1. The molecule has 0 heterocycles. The highest BCUT2D eigenvalue weighted by Gasteiger charge is 2.26. The van der Waals surface area contributed by atoms with Gasteiger partial charge in [0.2, 0.25) is 0 Å². The van der Waals surface area contributed by atoms with Gasteiger partial charge in [-0.25, -0.2) is 0 Å². The highest BCUT2D eigenvalue weighted by molar-refractivity contribution is 5.97. The minimum absolute atomic E-state index is 0.126. The SMILES string of the molecule is CC(C)C1=C(O)C(C)CCC1=O. The van der Waals surface area contributed by atoms with E-state index < -0.39 is 0 Å². The smallest absolute Gasteiger partial charge is 0.162 e.